The van der Waals surface area contributed by atoms with Crippen molar-refractivity contribution in [3.63, 3.8) is 0 Å². The third-order valence-electron chi connectivity index (χ3n) is 3.66. The third kappa shape index (κ3) is 6.81. The van der Waals surface area contributed by atoms with E-state index >= 15 is 0 Å². The number of hydrogen-bond donors (Lipinski definition) is 2. The van der Waals surface area contributed by atoms with Gasteiger partial charge in [-0.05, 0) is 44.0 Å². The molecule has 0 unspecified atom stereocenters. The molecule has 1 rings (SSSR count). The second-order valence-electron chi connectivity index (χ2n) is 5.56. The van der Waals surface area contributed by atoms with Crippen molar-refractivity contribution in [3.8, 4) is 0 Å². The number of rotatable bonds is 10. The minimum atomic E-state index is -0.852. The van der Waals surface area contributed by atoms with E-state index in [0.29, 0.717) is 30.7 Å². The van der Waals surface area contributed by atoms with Crippen molar-refractivity contribution in [1.29, 1.82) is 0 Å². The van der Waals surface area contributed by atoms with Crippen LogP contribution in [0.4, 0.5) is 5.69 Å². The van der Waals surface area contributed by atoms with Crippen LogP contribution in [-0.4, -0.2) is 29.6 Å². The van der Waals surface area contributed by atoms with Gasteiger partial charge in [0.1, 0.15) is 0 Å². The molecule has 2 N–H and O–H groups in total. The van der Waals surface area contributed by atoms with Crippen LogP contribution < -0.4 is 5.32 Å². The Balaban J connectivity index is 2.49. The number of hydrogen-bond acceptors (Lipinski definition) is 4. The van der Waals surface area contributed by atoms with Crippen LogP contribution in [0.3, 0.4) is 0 Å². The minimum absolute atomic E-state index is 0.153. The molecule has 1 amide bonds. The highest BCUT2D eigenvalue weighted by Crippen LogP contribution is 2.17. The maximum absolute atomic E-state index is 11.9. The van der Waals surface area contributed by atoms with Gasteiger partial charge in [-0.15, -0.1) is 0 Å². The fourth-order valence-electron chi connectivity index (χ4n) is 2.27. The first-order chi connectivity index (χ1) is 11.5. The average molecular weight is 335 g/mol. The first-order valence-electron chi connectivity index (χ1n) is 8.27. The summed E-state index contributed by atoms with van der Waals surface area (Å²) in [7, 11) is 0. The van der Waals surface area contributed by atoms with Crippen LogP contribution in [0.15, 0.2) is 24.3 Å². The molecule has 0 aliphatic heterocycles. The lowest BCUT2D eigenvalue weighted by Gasteiger charge is -2.12. The molecule has 0 aromatic heterocycles. The van der Waals surface area contributed by atoms with Gasteiger partial charge in [0.05, 0.1) is 18.1 Å². The largest absolute Gasteiger partial charge is 0.481 e. The zero-order valence-corrected chi connectivity index (χ0v) is 14.2. The minimum Gasteiger partial charge on any atom is -0.481 e. The summed E-state index contributed by atoms with van der Waals surface area (Å²) in [6.45, 7) is 4.04. The van der Waals surface area contributed by atoms with Crippen molar-refractivity contribution >= 4 is 23.5 Å². The highest BCUT2D eigenvalue weighted by molar-refractivity contribution is 5.93. The van der Waals surface area contributed by atoms with Crippen molar-refractivity contribution < 1.29 is 24.2 Å². The molecule has 0 bridgehead atoms. The summed E-state index contributed by atoms with van der Waals surface area (Å²) in [5.41, 5.74) is 0.980. The van der Waals surface area contributed by atoms with Crippen LogP contribution in [0.25, 0.3) is 0 Å². The van der Waals surface area contributed by atoms with E-state index in [2.05, 4.69) is 5.32 Å². The second-order valence-corrected chi connectivity index (χ2v) is 5.56. The number of carboxylic acid groups (broad SMARTS) is 1. The van der Waals surface area contributed by atoms with Crippen LogP contribution in [0.2, 0.25) is 0 Å². The van der Waals surface area contributed by atoms with Gasteiger partial charge in [-0.2, -0.15) is 0 Å². The van der Waals surface area contributed by atoms with Gasteiger partial charge in [-0.3, -0.25) is 9.59 Å². The topological polar surface area (TPSA) is 92.7 Å². The lowest BCUT2D eigenvalue weighted by atomic mass is 9.97. The van der Waals surface area contributed by atoms with Gasteiger partial charge >= 0.3 is 11.9 Å². The second kappa shape index (κ2) is 10.4. The number of unbranched alkanes of at least 4 members (excludes halogenated alkanes) is 1. The van der Waals surface area contributed by atoms with Gasteiger partial charge in [0.15, 0.2) is 0 Å². The van der Waals surface area contributed by atoms with Crippen LogP contribution in [0.1, 0.15) is 56.3 Å². The lowest BCUT2D eigenvalue weighted by Crippen LogP contribution is -2.18. The number of carbonyl (C=O) groups is 3. The maximum atomic E-state index is 11.9. The predicted molar refractivity (Wildman–Crippen MR) is 90.9 cm³/mol. The molecule has 0 spiro atoms. The highest BCUT2D eigenvalue weighted by Gasteiger charge is 2.18. The van der Waals surface area contributed by atoms with Crippen molar-refractivity contribution in [3.05, 3.63) is 29.8 Å². The normalized spacial score (nSPS) is 11.6. The molecule has 0 saturated carbocycles. The molecule has 1 aromatic rings. The summed E-state index contributed by atoms with van der Waals surface area (Å²) in [5, 5.41) is 11.9. The fourth-order valence-corrected chi connectivity index (χ4v) is 2.27. The summed E-state index contributed by atoms with van der Waals surface area (Å²) in [4.78, 5) is 34.6. The number of esters is 1. The number of carbonyl (C=O) groups excluding carboxylic acids is 2. The molecule has 0 heterocycles. The van der Waals surface area contributed by atoms with Gasteiger partial charge in [0, 0.05) is 12.1 Å². The quantitative estimate of drug-likeness (QED) is 0.639. The Morgan fingerprint density at radius 1 is 1.12 bits per heavy atom. The zero-order chi connectivity index (χ0) is 17.9. The standard InChI is InChI=1S/C18H25NO5/c1-3-5-6-13(17(21)22)9-12-16(20)19-15-10-7-14(8-11-15)18(23)24-4-2/h7-8,10-11,13H,3-6,9,12H2,1-2H3,(H,19,20)(H,21,22)/t13-/m1/s1. The van der Waals surface area contributed by atoms with E-state index in [0.717, 1.165) is 12.8 Å². The molecule has 0 radical (unpaired) electrons. The first-order valence-corrected chi connectivity index (χ1v) is 8.27. The molecular weight excluding hydrogens is 310 g/mol. The van der Waals surface area contributed by atoms with E-state index in [9.17, 15) is 14.4 Å². The summed E-state index contributed by atoms with van der Waals surface area (Å²) < 4.78 is 4.89. The van der Waals surface area contributed by atoms with Crippen molar-refractivity contribution in [2.24, 2.45) is 5.92 Å². The van der Waals surface area contributed by atoms with Crippen molar-refractivity contribution in [1.82, 2.24) is 0 Å². The molecule has 1 aromatic carbocycles. The molecule has 24 heavy (non-hydrogen) atoms. The lowest BCUT2D eigenvalue weighted by molar-refractivity contribution is -0.142. The first kappa shape index (κ1) is 19.7. The van der Waals surface area contributed by atoms with Crippen LogP contribution in [-0.2, 0) is 14.3 Å². The molecule has 0 aliphatic carbocycles. The van der Waals surface area contributed by atoms with E-state index in [1.807, 2.05) is 6.92 Å². The van der Waals surface area contributed by atoms with Crippen molar-refractivity contribution in [2.45, 2.75) is 46.0 Å². The number of benzene rings is 1. The monoisotopic (exact) mass is 335 g/mol. The van der Waals surface area contributed by atoms with E-state index in [-0.39, 0.29) is 12.3 Å². The Hall–Kier alpha value is -2.37. The van der Waals surface area contributed by atoms with Crippen LogP contribution in [0.5, 0.6) is 0 Å². The third-order valence-corrected chi connectivity index (χ3v) is 3.66. The fraction of sp³-hybridized carbons (Fsp3) is 0.500. The summed E-state index contributed by atoms with van der Waals surface area (Å²) >= 11 is 0. The predicted octanol–water partition coefficient (Wildman–Crippen LogP) is 3.47. The number of anilines is 1. The van der Waals surface area contributed by atoms with Gasteiger partial charge in [-0.25, -0.2) is 4.79 Å². The Morgan fingerprint density at radius 2 is 1.79 bits per heavy atom. The molecule has 6 nitrogen and oxygen atoms in total. The molecule has 0 saturated heterocycles. The highest BCUT2D eigenvalue weighted by atomic mass is 16.5. The van der Waals surface area contributed by atoms with E-state index < -0.39 is 17.9 Å². The average Bonchev–Trinajstić information content (AvgIpc) is 2.55. The van der Waals surface area contributed by atoms with Gasteiger partial charge in [0.2, 0.25) is 5.91 Å². The maximum Gasteiger partial charge on any atom is 0.338 e. The molecule has 0 aliphatic rings. The SMILES string of the molecule is CCCC[C@H](CCC(=O)Nc1ccc(C(=O)OCC)cc1)C(=O)O. The molecule has 1 atom stereocenters. The zero-order valence-electron chi connectivity index (χ0n) is 14.2. The number of ether oxygens (including phenoxy) is 1. The Bertz CT molecular complexity index is 553. The molecule has 0 fully saturated rings. The molecule has 132 valence electrons. The smallest absolute Gasteiger partial charge is 0.338 e. The number of nitrogens with one attached hydrogen (secondary N) is 1. The number of aliphatic carboxylic acids is 1. The van der Waals surface area contributed by atoms with Gasteiger partial charge in [0.25, 0.3) is 0 Å². The van der Waals surface area contributed by atoms with Crippen LogP contribution in [0, 0.1) is 5.92 Å². The summed E-state index contributed by atoms with van der Waals surface area (Å²) in [6, 6.07) is 6.40. The van der Waals surface area contributed by atoms with Crippen molar-refractivity contribution in [2.75, 3.05) is 11.9 Å². The van der Waals surface area contributed by atoms with Gasteiger partial charge in [-0.1, -0.05) is 19.8 Å². The van der Waals surface area contributed by atoms with E-state index in [4.69, 9.17) is 9.84 Å². The summed E-state index contributed by atoms with van der Waals surface area (Å²) in [6.07, 6.45) is 2.84. The number of carboxylic acids is 1. The molecule has 6 heteroatoms. The molecular formula is C18H25NO5. The Kier molecular flexibility index (Phi) is 8.54. The Labute approximate surface area is 142 Å². The Morgan fingerprint density at radius 3 is 2.33 bits per heavy atom. The van der Waals surface area contributed by atoms with E-state index in [1.54, 1.807) is 31.2 Å². The summed E-state index contributed by atoms with van der Waals surface area (Å²) in [5.74, 6) is -1.98. The number of amides is 1. The van der Waals surface area contributed by atoms with E-state index in [1.165, 1.54) is 0 Å². The van der Waals surface area contributed by atoms with Crippen LogP contribution >= 0.6 is 0 Å². The van der Waals surface area contributed by atoms with Gasteiger partial charge < -0.3 is 15.2 Å².